The molecule has 2 N–H and O–H groups in total. The van der Waals surface area contributed by atoms with Crippen LogP contribution in [0.5, 0.6) is 11.5 Å². The van der Waals surface area contributed by atoms with Gasteiger partial charge in [0.2, 0.25) is 0 Å². The van der Waals surface area contributed by atoms with Crippen molar-refractivity contribution < 1.29 is 19.7 Å². The molecule has 0 fully saturated rings. The number of methoxy groups -OCH3 is 1. The van der Waals surface area contributed by atoms with Crippen molar-refractivity contribution in [3.05, 3.63) is 60.2 Å². The Morgan fingerprint density at radius 3 is 1.78 bits per heavy atom. The van der Waals surface area contributed by atoms with Crippen molar-refractivity contribution in [2.45, 2.75) is 0 Å². The van der Waals surface area contributed by atoms with Gasteiger partial charge in [-0.2, -0.15) is 0 Å². The number of aromatic hydroxyl groups is 2. The summed E-state index contributed by atoms with van der Waals surface area (Å²) in [6, 6.07) is 14.6. The number of rotatable bonds is 1. The van der Waals surface area contributed by atoms with Crippen LogP contribution in [0.3, 0.4) is 0 Å². The highest BCUT2D eigenvalue weighted by Gasteiger charge is 2.02. The fourth-order valence-corrected chi connectivity index (χ4v) is 1.14. The Bertz CT molecular complexity index is 477. The smallest absolute Gasteiger partial charge is 0.337 e. The SMILES string of the molecule is COC(=O)c1ccc(O)cc1.Oc1ccccc1. The van der Waals surface area contributed by atoms with Crippen LogP contribution < -0.4 is 0 Å². The van der Waals surface area contributed by atoms with Crippen LogP contribution in [0, 0.1) is 0 Å². The second kappa shape index (κ2) is 6.96. The Labute approximate surface area is 105 Å². The first-order valence-electron chi connectivity index (χ1n) is 5.25. The third-order valence-electron chi connectivity index (χ3n) is 2.04. The van der Waals surface area contributed by atoms with E-state index in [0.717, 1.165) is 0 Å². The van der Waals surface area contributed by atoms with E-state index in [0.29, 0.717) is 11.3 Å². The average molecular weight is 246 g/mol. The highest BCUT2D eigenvalue weighted by Crippen LogP contribution is 2.09. The van der Waals surface area contributed by atoms with Crippen LogP contribution in [0.15, 0.2) is 54.6 Å². The van der Waals surface area contributed by atoms with Crippen LogP contribution in [0.2, 0.25) is 0 Å². The van der Waals surface area contributed by atoms with Gasteiger partial charge in [-0.1, -0.05) is 18.2 Å². The lowest BCUT2D eigenvalue weighted by atomic mass is 10.2. The fourth-order valence-electron chi connectivity index (χ4n) is 1.14. The molecule has 2 aromatic rings. The summed E-state index contributed by atoms with van der Waals surface area (Å²) in [7, 11) is 1.31. The Kier molecular flexibility index (Phi) is 5.25. The number of carbonyl (C=O) groups excluding carboxylic acids is 1. The molecule has 2 aromatic carbocycles. The predicted octanol–water partition coefficient (Wildman–Crippen LogP) is 2.57. The first kappa shape index (κ1) is 13.6. The summed E-state index contributed by atoms with van der Waals surface area (Å²) in [6.07, 6.45) is 0. The van der Waals surface area contributed by atoms with Gasteiger partial charge in [0.05, 0.1) is 12.7 Å². The van der Waals surface area contributed by atoms with Gasteiger partial charge in [0.15, 0.2) is 0 Å². The number of para-hydroxylation sites is 1. The number of phenolic OH excluding ortho intramolecular Hbond substituents is 2. The van der Waals surface area contributed by atoms with Gasteiger partial charge in [-0.25, -0.2) is 4.79 Å². The molecule has 0 atom stereocenters. The summed E-state index contributed by atoms with van der Waals surface area (Å²) in [4.78, 5) is 10.8. The zero-order chi connectivity index (χ0) is 13.4. The Balaban J connectivity index is 0.000000199. The van der Waals surface area contributed by atoms with E-state index in [-0.39, 0.29) is 5.75 Å². The summed E-state index contributed by atoms with van der Waals surface area (Å²) in [5.74, 6) is 0.0603. The highest BCUT2D eigenvalue weighted by molar-refractivity contribution is 5.89. The summed E-state index contributed by atoms with van der Waals surface area (Å²) in [6.45, 7) is 0. The zero-order valence-corrected chi connectivity index (χ0v) is 9.91. The molecule has 0 aliphatic carbocycles. The maximum Gasteiger partial charge on any atom is 0.337 e. The number of hydrogen-bond donors (Lipinski definition) is 2. The van der Waals surface area contributed by atoms with Crippen LogP contribution in [0.25, 0.3) is 0 Å². The number of esters is 1. The van der Waals surface area contributed by atoms with Crippen molar-refractivity contribution in [2.75, 3.05) is 7.11 Å². The molecule has 4 heteroatoms. The molecule has 0 saturated carbocycles. The quantitative estimate of drug-likeness (QED) is 0.759. The third kappa shape index (κ3) is 4.57. The van der Waals surface area contributed by atoms with Gasteiger partial charge in [-0.3, -0.25) is 0 Å². The first-order chi connectivity index (χ1) is 8.63. The molecule has 0 amide bonds. The van der Waals surface area contributed by atoms with Crippen molar-refractivity contribution in [1.29, 1.82) is 0 Å². The predicted molar refractivity (Wildman–Crippen MR) is 67.6 cm³/mol. The van der Waals surface area contributed by atoms with Gasteiger partial charge < -0.3 is 14.9 Å². The van der Waals surface area contributed by atoms with E-state index in [1.165, 1.54) is 31.4 Å². The molecule has 0 aliphatic rings. The maximum absolute atomic E-state index is 10.8. The lowest BCUT2D eigenvalue weighted by Crippen LogP contribution is -1.99. The van der Waals surface area contributed by atoms with Crippen LogP contribution in [0.1, 0.15) is 10.4 Å². The number of benzene rings is 2. The molecule has 2 rings (SSSR count). The van der Waals surface area contributed by atoms with Crippen molar-refractivity contribution in [1.82, 2.24) is 0 Å². The second-order valence-electron chi connectivity index (χ2n) is 3.37. The average Bonchev–Trinajstić information content (AvgIpc) is 2.40. The minimum Gasteiger partial charge on any atom is -0.508 e. The molecule has 4 nitrogen and oxygen atoms in total. The third-order valence-corrected chi connectivity index (χ3v) is 2.04. The largest absolute Gasteiger partial charge is 0.508 e. The molecule has 0 heterocycles. The molecule has 0 bridgehead atoms. The lowest BCUT2D eigenvalue weighted by Gasteiger charge is -1.97. The summed E-state index contributed by atoms with van der Waals surface area (Å²) < 4.78 is 4.46. The van der Waals surface area contributed by atoms with Crippen molar-refractivity contribution in [3.63, 3.8) is 0 Å². The van der Waals surface area contributed by atoms with E-state index in [4.69, 9.17) is 10.2 Å². The Morgan fingerprint density at radius 1 is 0.889 bits per heavy atom. The minimum absolute atomic E-state index is 0.137. The molecule has 0 aromatic heterocycles. The molecule has 0 unspecified atom stereocenters. The van der Waals surface area contributed by atoms with Crippen molar-refractivity contribution in [3.8, 4) is 11.5 Å². The van der Waals surface area contributed by atoms with E-state index in [1.807, 2.05) is 6.07 Å². The molecule has 0 radical (unpaired) electrons. The van der Waals surface area contributed by atoms with E-state index in [9.17, 15) is 4.79 Å². The lowest BCUT2D eigenvalue weighted by molar-refractivity contribution is 0.0600. The van der Waals surface area contributed by atoms with Gasteiger partial charge in [0, 0.05) is 0 Å². The van der Waals surface area contributed by atoms with Gasteiger partial charge in [0.25, 0.3) is 0 Å². The van der Waals surface area contributed by atoms with E-state index in [1.54, 1.807) is 24.3 Å². The topological polar surface area (TPSA) is 66.8 Å². The Hall–Kier alpha value is -2.49. The van der Waals surface area contributed by atoms with Crippen molar-refractivity contribution in [2.24, 2.45) is 0 Å². The van der Waals surface area contributed by atoms with Crippen LogP contribution in [-0.4, -0.2) is 23.3 Å². The van der Waals surface area contributed by atoms with E-state index in [2.05, 4.69) is 4.74 Å². The van der Waals surface area contributed by atoms with Gasteiger partial charge >= 0.3 is 5.97 Å². The van der Waals surface area contributed by atoms with Crippen LogP contribution in [-0.2, 0) is 4.74 Å². The highest BCUT2D eigenvalue weighted by atomic mass is 16.5. The zero-order valence-electron chi connectivity index (χ0n) is 9.91. The molecule has 0 aliphatic heterocycles. The molecule has 94 valence electrons. The van der Waals surface area contributed by atoms with Crippen molar-refractivity contribution >= 4 is 5.97 Å². The van der Waals surface area contributed by atoms with E-state index >= 15 is 0 Å². The van der Waals surface area contributed by atoms with Gasteiger partial charge in [0.1, 0.15) is 11.5 Å². The summed E-state index contributed by atoms with van der Waals surface area (Å²) >= 11 is 0. The van der Waals surface area contributed by atoms with E-state index < -0.39 is 5.97 Å². The summed E-state index contributed by atoms with van der Waals surface area (Å²) in [5, 5.41) is 17.5. The Morgan fingerprint density at radius 2 is 1.39 bits per heavy atom. The normalized spacial score (nSPS) is 8.94. The first-order valence-corrected chi connectivity index (χ1v) is 5.25. The number of hydrogen-bond acceptors (Lipinski definition) is 4. The number of phenols is 2. The van der Waals surface area contributed by atoms with Gasteiger partial charge in [-0.05, 0) is 36.4 Å². The molecule has 0 saturated heterocycles. The second-order valence-corrected chi connectivity index (χ2v) is 3.37. The fraction of sp³-hybridized carbons (Fsp3) is 0.0714. The van der Waals surface area contributed by atoms with Crippen LogP contribution in [0.4, 0.5) is 0 Å². The summed E-state index contributed by atoms with van der Waals surface area (Å²) in [5.41, 5.74) is 0.435. The molecule has 18 heavy (non-hydrogen) atoms. The number of ether oxygens (including phenoxy) is 1. The van der Waals surface area contributed by atoms with Crippen LogP contribution >= 0.6 is 0 Å². The molecular formula is C14H14O4. The number of carbonyl (C=O) groups is 1. The molecular weight excluding hydrogens is 232 g/mol. The molecule has 0 spiro atoms. The standard InChI is InChI=1S/C8H8O3.C6H6O/c1-11-8(10)6-2-4-7(9)5-3-6;7-6-4-2-1-3-5-6/h2-5,9H,1H3;1-5,7H. The monoisotopic (exact) mass is 246 g/mol. The maximum atomic E-state index is 10.8. The minimum atomic E-state index is -0.398. The van der Waals surface area contributed by atoms with Gasteiger partial charge in [-0.15, -0.1) is 0 Å².